The van der Waals surface area contributed by atoms with Crippen molar-refractivity contribution in [1.82, 2.24) is 4.90 Å². The quantitative estimate of drug-likeness (QED) is 0.918. The van der Waals surface area contributed by atoms with Crippen LogP contribution in [0.25, 0.3) is 0 Å². The third-order valence-electron chi connectivity index (χ3n) is 4.49. The van der Waals surface area contributed by atoms with E-state index in [9.17, 15) is 0 Å². The summed E-state index contributed by atoms with van der Waals surface area (Å²) in [7, 11) is 1.69. The summed E-state index contributed by atoms with van der Waals surface area (Å²) in [5.41, 5.74) is 7.65. The van der Waals surface area contributed by atoms with Crippen molar-refractivity contribution in [2.45, 2.75) is 39.3 Å². The van der Waals surface area contributed by atoms with E-state index in [1.165, 1.54) is 12.0 Å². The molecule has 1 fully saturated rings. The van der Waals surface area contributed by atoms with E-state index in [4.69, 9.17) is 10.5 Å². The molecular formula is C17H28N2O. The summed E-state index contributed by atoms with van der Waals surface area (Å²) >= 11 is 0. The van der Waals surface area contributed by atoms with Gasteiger partial charge in [0.1, 0.15) is 5.75 Å². The van der Waals surface area contributed by atoms with Crippen LogP contribution in [0.5, 0.6) is 5.75 Å². The number of hydrogen-bond acceptors (Lipinski definition) is 3. The van der Waals surface area contributed by atoms with Gasteiger partial charge < -0.3 is 10.5 Å². The number of rotatable bonds is 4. The second-order valence-electron chi connectivity index (χ2n) is 6.44. The molecule has 3 heteroatoms. The summed E-state index contributed by atoms with van der Waals surface area (Å²) in [5, 5.41) is 0. The Morgan fingerprint density at radius 3 is 2.20 bits per heavy atom. The van der Waals surface area contributed by atoms with Gasteiger partial charge in [-0.15, -0.1) is 0 Å². The molecule has 4 unspecified atom stereocenters. The first kappa shape index (κ1) is 15.3. The predicted molar refractivity (Wildman–Crippen MR) is 83.9 cm³/mol. The summed E-state index contributed by atoms with van der Waals surface area (Å²) in [4.78, 5) is 2.55. The predicted octanol–water partition coefficient (Wildman–Crippen LogP) is 3.06. The Labute approximate surface area is 123 Å². The van der Waals surface area contributed by atoms with Gasteiger partial charge in [0.2, 0.25) is 0 Å². The molecule has 4 atom stereocenters. The van der Waals surface area contributed by atoms with E-state index in [0.717, 1.165) is 30.7 Å². The molecule has 0 spiro atoms. The summed E-state index contributed by atoms with van der Waals surface area (Å²) in [6.07, 6.45) is 1.33. The number of hydrogen-bond donors (Lipinski definition) is 1. The summed E-state index contributed by atoms with van der Waals surface area (Å²) < 4.78 is 5.20. The molecule has 20 heavy (non-hydrogen) atoms. The number of benzene rings is 1. The van der Waals surface area contributed by atoms with Crippen molar-refractivity contribution >= 4 is 0 Å². The second kappa shape index (κ2) is 6.59. The molecule has 2 rings (SSSR count). The van der Waals surface area contributed by atoms with Crippen LogP contribution in [0.4, 0.5) is 0 Å². The van der Waals surface area contributed by atoms with E-state index in [1.807, 2.05) is 12.1 Å². The Morgan fingerprint density at radius 2 is 1.70 bits per heavy atom. The van der Waals surface area contributed by atoms with Crippen LogP contribution in [-0.2, 0) is 0 Å². The van der Waals surface area contributed by atoms with Crippen LogP contribution in [0.1, 0.15) is 38.8 Å². The fourth-order valence-corrected chi connectivity index (χ4v) is 3.38. The van der Waals surface area contributed by atoms with Gasteiger partial charge in [0.15, 0.2) is 0 Å². The number of nitrogens with zero attached hydrogens (tertiary/aromatic N) is 1. The van der Waals surface area contributed by atoms with Gasteiger partial charge in [0.25, 0.3) is 0 Å². The minimum absolute atomic E-state index is 0.0541. The van der Waals surface area contributed by atoms with Crippen molar-refractivity contribution in [2.75, 3.05) is 20.2 Å². The maximum absolute atomic E-state index is 6.47. The van der Waals surface area contributed by atoms with Crippen LogP contribution in [0.2, 0.25) is 0 Å². The Morgan fingerprint density at radius 1 is 1.15 bits per heavy atom. The summed E-state index contributed by atoms with van der Waals surface area (Å²) in [6.45, 7) is 9.26. The Hall–Kier alpha value is -1.06. The third-order valence-corrected chi connectivity index (χ3v) is 4.49. The van der Waals surface area contributed by atoms with E-state index in [-0.39, 0.29) is 6.04 Å². The van der Waals surface area contributed by atoms with Crippen LogP contribution in [-0.4, -0.2) is 31.1 Å². The van der Waals surface area contributed by atoms with Crippen LogP contribution < -0.4 is 10.5 Å². The van der Waals surface area contributed by atoms with Gasteiger partial charge in [-0.25, -0.2) is 0 Å². The smallest absolute Gasteiger partial charge is 0.118 e. The molecule has 0 amide bonds. The summed E-state index contributed by atoms with van der Waals surface area (Å²) in [6, 6.07) is 8.56. The fraction of sp³-hybridized carbons (Fsp3) is 0.647. The highest BCUT2D eigenvalue weighted by atomic mass is 16.5. The highest BCUT2D eigenvalue weighted by molar-refractivity contribution is 5.29. The molecule has 1 heterocycles. The van der Waals surface area contributed by atoms with Crippen molar-refractivity contribution < 1.29 is 4.74 Å². The van der Waals surface area contributed by atoms with Gasteiger partial charge in [-0.05, 0) is 42.9 Å². The highest BCUT2D eigenvalue weighted by Crippen LogP contribution is 2.27. The van der Waals surface area contributed by atoms with Gasteiger partial charge in [-0.3, -0.25) is 4.90 Å². The molecule has 1 saturated heterocycles. The number of methoxy groups -OCH3 is 1. The lowest BCUT2D eigenvalue weighted by Gasteiger charge is -2.41. The van der Waals surface area contributed by atoms with Crippen LogP contribution in [0.3, 0.4) is 0 Å². The molecule has 2 N–H and O–H groups in total. The zero-order valence-corrected chi connectivity index (χ0v) is 13.2. The van der Waals surface area contributed by atoms with E-state index >= 15 is 0 Å². The SMILES string of the molecule is COc1ccc(C(N)C(C)N2CC(C)CC(C)C2)cc1. The molecule has 1 aliphatic heterocycles. The second-order valence-corrected chi connectivity index (χ2v) is 6.44. The van der Waals surface area contributed by atoms with Crippen molar-refractivity contribution in [3.63, 3.8) is 0 Å². The molecule has 3 nitrogen and oxygen atoms in total. The van der Waals surface area contributed by atoms with Gasteiger partial charge in [-0.2, -0.15) is 0 Å². The maximum Gasteiger partial charge on any atom is 0.118 e. The molecule has 1 aromatic rings. The third kappa shape index (κ3) is 3.53. The van der Waals surface area contributed by atoms with Crippen molar-refractivity contribution in [3.05, 3.63) is 29.8 Å². The number of piperidine rings is 1. The highest BCUT2D eigenvalue weighted by Gasteiger charge is 2.28. The maximum atomic E-state index is 6.47. The zero-order chi connectivity index (χ0) is 14.7. The lowest BCUT2D eigenvalue weighted by molar-refractivity contribution is 0.0905. The minimum atomic E-state index is 0.0541. The largest absolute Gasteiger partial charge is 0.497 e. The minimum Gasteiger partial charge on any atom is -0.497 e. The Kier molecular flexibility index (Phi) is 5.06. The van der Waals surface area contributed by atoms with E-state index in [1.54, 1.807) is 7.11 Å². The molecular weight excluding hydrogens is 248 g/mol. The van der Waals surface area contributed by atoms with E-state index in [0.29, 0.717) is 6.04 Å². The first-order valence-electron chi connectivity index (χ1n) is 7.64. The number of ether oxygens (including phenoxy) is 1. The number of likely N-dealkylation sites (tertiary alicyclic amines) is 1. The van der Waals surface area contributed by atoms with Crippen molar-refractivity contribution in [2.24, 2.45) is 17.6 Å². The molecule has 112 valence electrons. The lowest BCUT2D eigenvalue weighted by atomic mass is 9.89. The Balaban J connectivity index is 2.04. The first-order valence-corrected chi connectivity index (χ1v) is 7.64. The van der Waals surface area contributed by atoms with Crippen molar-refractivity contribution in [3.8, 4) is 5.75 Å². The van der Waals surface area contributed by atoms with Gasteiger partial charge in [-0.1, -0.05) is 26.0 Å². The van der Waals surface area contributed by atoms with Crippen LogP contribution in [0, 0.1) is 11.8 Å². The molecule has 1 aromatic carbocycles. The number of nitrogens with two attached hydrogens (primary N) is 1. The topological polar surface area (TPSA) is 38.5 Å². The van der Waals surface area contributed by atoms with Gasteiger partial charge in [0, 0.05) is 25.2 Å². The molecule has 0 aromatic heterocycles. The molecule has 0 aliphatic carbocycles. The van der Waals surface area contributed by atoms with Gasteiger partial charge >= 0.3 is 0 Å². The average Bonchev–Trinajstić information content (AvgIpc) is 2.45. The van der Waals surface area contributed by atoms with Crippen LogP contribution >= 0.6 is 0 Å². The fourth-order valence-electron chi connectivity index (χ4n) is 3.38. The molecule has 0 bridgehead atoms. The van der Waals surface area contributed by atoms with Crippen LogP contribution in [0.15, 0.2) is 24.3 Å². The van der Waals surface area contributed by atoms with E-state index < -0.39 is 0 Å². The normalized spacial score (nSPS) is 27.1. The molecule has 0 saturated carbocycles. The summed E-state index contributed by atoms with van der Waals surface area (Å²) in [5.74, 6) is 2.42. The standard InChI is InChI=1S/C17H28N2O/c1-12-9-13(2)11-19(10-12)14(3)17(18)15-5-7-16(20-4)8-6-15/h5-8,12-14,17H,9-11,18H2,1-4H3. The molecule has 0 radical (unpaired) electrons. The average molecular weight is 276 g/mol. The monoisotopic (exact) mass is 276 g/mol. The van der Waals surface area contributed by atoms with Crippen molar-refractivity contribution in [1.29, 1.82) is 0 Å². The van der Waals surface area contributed by atoms with Gasteiger partial charge in [0.05, 0.1) is 7.11 Å². The zero-order valence-electron chi connectivity index (χ0n) is 13.2. The lowest BCUT2D eigenvalue weighted by Crippen LogP contribution is -2.48. The van der Waals surface area contributed by atoms with E-state index in [2.05, 4.69) is 37.8 Å². The Bertz CT molecular complexity index is 408. The first-order chi connectivity index (χ1) is 9.51. The molecule has 1 aliphatic rings.